The molecular weight excluding hydrogens is 246 g/mol. The zero-order valence-electron chi connectivity index (χ0n) is 12.5. The molecule has 0 aliphatic carbocycles. The third kappa shape index (κ3) is 7.12. The van der Waals surface area contributed by atoms with E-state index in [0.29, 0.717) is 13.0 Å². The van der Waals surface area contributed by atoms with Crippen LogP contribution in [-0.4, -0.2) is 42.3 Å². The first-order valence-electron chi connectivity index (χ1n) is 6.68. The standard InChI is InChI=1S/C13H27N3O3/c1-6-14-12(19)16-11(18)9(2)15-10(7-8-17)13(3,4)5/h9-10,15,17H,6-8H2,1-5H3,(H2,14,16,18,19). The lowest BCUT2D eigenvalue weighted by atomic mass is 9.84. The minimum atomic E-state index is -0.501. The van der Waals surface area contributed by atoms with Crippen molar-refractivity contribution in [1.29, 1.82) is 0 Å². The van der Waals surface area contributed by atoms with Gasteiger partial charge in [-0.3, -0.25) is 10.1 Å². The van der Waals surface area contributed by atoms with Gasteiger partial charge in [-0.05, 0) is 25.7 Å². The Hall–Kier alpha value is -1.14. The number of imide groups is 1. The number of aliphatic hydroxyl groups is 1. The molecule has 6 heteroatoms. The Morgan fingerprint density at radius 3 is 2.26 bits per heavy atom. The van der Waals surface area contributed by atoms with Crippen LogP contribution in [0, 0.1) is 5.41 Å². The number of amides is 3. The lowest BCUT2D eigenvalue weighted by Gasteiger charge is -2.33. The predicted octanol–water partition coefficient (Wildman–Crippen LogP) is 0.607. The fourth-order valence-corrected chi connectivity index (χ4v) is 1.70. The van der Waals surface area contributed by atoms with Gasteiger partial charge in [0.05, 0.1) is 6.04 Å². The topological polar surface area (TPSA) is 90.5 Å². The van der Waals surface area contributed by atoms with E-state index in [1.807, 2.05) is 20.8 Å². The average molecular weight is 273 g/mol. The van der Waals surface area contributed by atoms with E-state index in [2.05, 4.69) is 16.0 Å². The van der Waals surface area contributed by atoms with Crippen molar-refractivity contribution in [3.05, 3.63) is 0 Å². The van der Waals surface area contributed by atoms with Crippen LogP contribution in [0.5, 0.6) is 0 Å². The molecule has 0 aromatic rings. The van der Waals surface area contributed by atoms with E-state index in [4.69, 9.17) is 5.11 Å². The molecule has 0 saturated carbocycles. The van der Waals surface area contributed by atoms with Gasteiger partial charge in [0.2, 0.25) is 5.91 Å². The second-order valence-corrected chi connectivity index (χ2v) is 5.67. The number of nitrogens with one attached hydrogen (secondary N) is 3. The van der Waals surface area contributed by atoms with Gasteiger partial charge in [0.15, 0.2) is 0 Å². The van der Waals surface area contributed by atoms with Gasteiger partial charge in [-0.15, -0.1) is 0 Å². The van der Waals surface area contributed by atoms with Gasteiger partial charge in [-0.2, -0.15) is 0 Å². The third-order valence-electron chi connectivity index (χ3n) is 2.88. The van der Waals surface area contributed by atoms with Crippen molar-refractivity contribution in [1.82, 2.24) is 16.0 Å². The van der Waals surface area contributed by atoms with E-state index in [1.54, 1.807) is 13.8 Å². The van der Waals surface area contributed by atoms with Crippen LogP contribution >= 0.6 is 0 Å². The first-order chi connectivity index (χ1) is 8.72. The van der Waals surface area contributed by atoms with Crippen molar-refractivity contribution in [3.63, 3.8) is 0 Å². The van der Waals surface area contributed by atoms with E-state index >= 15 is 0 Å². The summed E-state index contributed by atoms with van der Waals surface area (Å²) in [5, 5.41) is 17.0. The van der Waals surface area contributed by atoms with Crippen molar-refractivity contribution >= 4 is 11.9 Å². The number of hydrogen-bond donors (Lipinski definition) is 4. The molecule has 0 aliphatic rings. The van der Waals surface area contributed by atoms with Crippen LogP contribution in [0.15, 0.2) is 0 Å². The van der Waals surface area contributed by atoms with Crippen molar-refractivity contribution in [2.24, 2.45) is 5.41 Å². The number of carbonyl (C=O) groups is 2. The van der Waals surface area contributed by atoms with E-state index in [9.17, 15) is 9.59 Å². The fourth-order valence-electron chi connectivity index (χ4n) is 1.70. The molecule has 19 heavy (non-hydrogen) atoms. The molecule has 0 spiro atoms. The lowest BCUT2D eigenvalue weighted by Crippen LogP contribution is -2.53. The molecule has 112 valence electrons. The van der Waals surface area contributed by atoms with Gasteiger partial charge in [0.1, 0.15) is 0 Å². The van der Waals surface area contributed by atoms with E-state index in [1.165, 1.54) is 0 Å². The Labute approximate surface area is 115 Å². The van der Waals surface area contributed by atoms with Gasteiger partial charge in [0.25, 0.3) is 0 Å². The van der Waals surface area contributed by atoms with Gasteiger partial charge < -0.3 is 15.7 Å². The molecule has 0 bridgehead atoms. The van der Waals surface area contributed by atoms with Crippen molar-refractivity contribution in [2.45, 2.75) is 53.1 Å². The maximum absolute atomic E-state index is 11.8. The van der Waals surface area contributed by atoms with E-state index in [-0.39, 0.29) is 24.0 Å². The van der Waals surface area contributed by atoms with Crippen molar-refractivity contribution < 1.29 is 14.7 Å². The lowest BCUT2D eigenvalue weighted by molar-refractivity contribution is -0.122. The monoisotopic (exact) mass is 273 g/mol. The van der Waals surface area contributed by atoms with Crippen LogP contribution in [-0.2, 0) is 4.79 Å². The summed E-state index contributed by atoms with van der Waals surface area (Å²) >= 11 is 0. The van der Waals surface area contributed by atoms with Crippen molar-refractivity contribution in [2.75, 3.05) is 13.2 Å². The molecule has 0 aromatic carbocycles. The Balaban J connectivity index is 4.43. The molecular formula is C13H27N3O3. The second kappa shape index (κ2) is 8.12. The van der Waals surface area contributed by atoms with Crippen LogP contribution in [0.4, 0.5) is 4.79 Å². The minimum absolute atomic E-state index is 0.00696. The quantitative estimate of drug-likeness (QED) is 0.570. The summed E-state index contributed by atoms with van der Waals surface area (Å²) in [6.45, 7) is 10.1. The molecule has 2 unspecified atom stereocenters. The number of hydrogen-bond acceptors (Lipinski definition) is 4. The summed E-state index contributed by atoms with van der Waals surface area (Å²) in [5.74, 6) is -0.377. The highest BCUT2D eigenvalue weighted by Crippen LogP contribution is 2.22. The highest BCUT2D eigenvalue weighted by atomic mass is 16.3. The summed E-state index contributed by atoms with van der Waals surface area (Å²) < 4.78 is 0. The molecule has 0 aliphatic heterocycles. The summed E-state index contributed by atoms with van der Waals surface area (Å²) in [7, 11) is 0. The Morgan fingerprint density at radius 1 is 1.26 bits per heavy atom. The molecule has 4 N–H and O–H groups in total. The highest BCUT2D eigenvalue weighted by Gasteiger charge is 2.27. The normalized spacial score (nSPS) is 14.6. The van der Waals surface area contributed by atoms with Crippen LogP contribution in [0.25, 0.3) is 0 Å². The predicted molar refractivity (Wildman–Crippen MR) is 74.8 cm³/mol. The average Bonchev–Trinajstić information content (AvgIpc) is 2.27. The molecule has 0 fully saturated rings. The van der Waals surface area contributed by atoms with E-state index < -0.39 is 12.1 Å². The molecule has 0 aromatic heterocycles. The van der Waals surface area contributed by atoms with Crippen molar-refractivity contribution in [3.8, 4) is 0 Å². The molecule has 3 amide bonds. The molecule has 6 nitrogen and oxygen atoms in total. The van der Waals surface area contributed by atoms with Gasteiger partial charge >= 0.3 is 6.03 Å². The number of carbonyl (C=O) groups excluding carboxylic acids is 2. The maximum atomic E-state index is 11.8. The number of urea groups is 1. The highest BCUT2D eigenvalue weighted by molar-refractivity contribution is 5.96. The summed E-state index contributed by atoms with van der Waals surface area (Å²) in [5.41, 5.74) is -0.0804. The summed E-state index contributed by atoms with van der Waals surface area (Å²) in [4.78, 5) is 23.1. The van der Waals surface area contributed by atoms with Crippen LogP contribution in [0.3, 0.4) is 0 Å². The maximum Gasteiger partial charge on any atom is 0.321 e. The summed E-state index contributed by atoms with van der Waals surface area (Å²) in [6.07, 6.45) is 0.558. The molecule has 0 radical (unpaired) electrons. The largest absolute Gasteiger partial charge is 0.396 e. The van der Waals surface area contributed by atoms with Crippen LogP contribution in [0.2, 0.25) is 0 Å². The summed E-state index contributed by atoms with van der Waals surface area (Å²) in [6, 6.07) is -0.999. The van der Waals surface area contributed by atoms with Crippen LogP contribution in [0.1, 0.15) is 41.0 Å². The fraction of sp³-hybridized carbons (Fsp3) is 0.846. The first kappa shape index (κ1) is 17.9. The van der Waals surface area contributed by atoms with Gasteiger partial charge in [0, 0.05) is 19.2 Å². The number of aliphatic hydroxyl groups excluding tert-OH is 1. The first-order valence-corrected chi connectivity index (χ1v) is 6.68. The van der Waals surface area contributed by atoms with Gasteiger partial charge in [-0.1, -0.05) is 20.8 Å². The Kier molecular flexibility index (Phi) is 7.63. The minimum Gasteiger partial charge on any atom is -0.396 e. The molecule has 0 heterocycles. The molecule has 2 atom stereocenters. The zero-order valence-corrected chi connectivity index (χ0v) is 12.5. The van der Waals surface area contributed by atoms with E-state index in [0.717, 1.165) is 0 Å². The number of rotatable bonds is 6. The third-order valence-corrected chi connectivity index (χ3v) is 2.88. The molecule has 0 saturated heterocycles. The Bertz CT molecular complexity index is 300. The smallest absolute Gasteiger partial charge is 0.321 e. The zero-order chi connectivity index (χ0) is 15.1. The Morgan fingerprint density at radius 2 is 1.84 bits per heavy atom. The second-order valence-electron chi connectivity index (χ2n) is 5.67. The van der Waals surface area contributed by atoms with Crippen LogP contribution < -0.4 is 16.0 Å². The van der Waals surface area contributed by atoms with Gasteiger partial charge in [-0.25, -0.2) is 4.79 Å². The molecule has 0 rings (SSSR count). The SMILES string of the molecule is CCNC(=O)NC(=O)C(C)NC(CCO)C(C)(C)C.